The van der Waals surface area contributed by atoms with Gasteiger partial charge in [0.25, 0.3) is 0 Å². The number of rotatable bonds is 3. The van der Waals surface area contributed by atoms with Gasteiger partial charge in [-0.2, -0.15) is 0 Å². The van der Waals surface area contributed by atoms with Crippen LogP contribution in [0.5, 0.6) is 0 Å². The number of benzene rings is 1. The second-order valence-corrected chi connectivity index (χ2v) is 7.12. The van der Waals surface area contributed by atoms with Crippen molar-refractivity contribution in [3.8, 4) is 11.5 Å². The Kier molecular flexibility index (Phi) is 4.64. The van der Waals surface area contributed by atoms with Crippen molar-refractivity contribution in [1.82, 2.24) is 9.88 Å². The van der Waals surface area contributed by atoms with Crippen molar-refractivity contribution in [1.29, 1.82) is 0 Å². The van der Waals surface area contributed by atoms with Gasteiger partial charge < -0.3 is 14.1 Å². The molecule has 1 aromatic carbocycles. The number of hydrogen-bond acceptors (Lipinski definition) is 4. The number of morpholine rings is 1. The van der Waals surface area contributed by atoms with Crippen LogP contribution in [0, 0.1) is 12.7 Å². The van der Waals surface area contributed by atoms with Gasteiger partial charge in [-0.1, -0.05) is 12.1 Å². The van der Waals surface area contributed by atoms with E-state index in [4.69, 9.17) is 9.15 Å². The lowest BCUT2D eigenvalue weighted by Crippen LogP contribution is -2.58. The zero-order valence-corrected chi connectivity index (χ0v) is 15.0. The zero-order valence-electron chi connectivity index (χ0n) is 15.0. The summed E-state index contributed by atoms with van der Waals surface area (Å²) < 4.78 is 25.2. The fourth-order valence-corrected chi connectivity index (χ4v) is 3.00. The van der Waals surface area contributed by atoms with Crippen molar-refractivity contribution in [2.45, 2.75) is 45.8 Å². The van der Waals surface area contributed by atoms with Crippen LogP contribution in [0.4, 0.5) is 4.39 Å². The fourth-order valence-electron chi connectivity index (χ4n) is 3.00. The molecule has 134 valence electrons. The van der Waals surface area contributed by atoms with E-state index in [9.17, 15) is 9.18 Å². The maximum absolute atomic E-state index is 13.9. The van der Waals surface area contributed by atoms with Crippen molar-refractivity contribution < 1.29 is 18.3 Å². The Morgan fingerprint density at radius 3 is 2.84 bits per heavy atom. The van der Waals surface area contributed by atoms with Gasteiger partial charge >= 0.3 is 0 Å². The standard InChI is InChI=1S/C19H23FN2O3/c1-12-10-22(19(3,4)11-24-12)17(23)9-16-13(2)25-18(21-16)14-7-5-6-8-15(14)20/h5-8,12H,9-11H2,1-4H3. The van der Waals surface area contributed by atoms with E-state index in [0.29, 0.717) is 30.2 Å². The summed E-state index contributed by atoms with van der Waals surface area (Å²) in [4.78, 5) is 19.0. The van der Waals surface area contributed by atoms with Gasteiger partial charge in [0.15, 0.2) is 0 Å². The van der Waals surface area contributed by atoms with Gasteiger partial charge in [0, 0.05) is 6.54 Å². The van der Waals surface area contributed by atoms with E-state index in [1.807, 2.05) is 25.7 Å². The maximum Gasteiger partial charge on any atom is 0.229 e. The Labute approximate surface area is 146 Å². The number of ether oxygens (including phenoxy) is 1. The molecule has 0 bridgehead atoms. The Morgan fingerprint density at radius 2 is 2.12 bits per heavy atom. The average molecular weight is 346 g/mol. The summed E-state index contributed by atoms with van der Waals surface area (Å²) in [6.07, 6.45) is 0.129. The summed E-state index contributed by atoms with van der Waals surface area (Å²) >= 11 is 0. The molecule has 1 fully saturated rings. The quantitative estimate of drug-likeness (QED) is 0.855. The Balaban J connectivity index is 1.81. The molecule has 1 aliphatic rings. The number of hydrogen-bond donors (Lipinski definition) is 0. The van der Waals surface area contributed by atoms with Crippen LogP contribution in [0.15, 0.2) is 28.7 Å². The molecule has 2 aromatic rings. The predicted octanol–water partition coefficient (Wildman–Crippen LogP) is 3.36. The minimum absolute atomic E-state index is 0.00403. The van der Waals surface area contributed by atoms with E-state index in [1.165, 1.54) is 6.07 Å². The van der Waals surface area contributed by atoms with Crippen LogP contribution in [0.3, 0.4) is 0 Å². The lowest BCUT2D eigenvalue weighted by molar-refractivity contribution is -0.152. The zero-order chi connectivity index (χ0) is 18.2. The van der Waals surface area contributed by atoms with Gasteiger partial charge in [0.1, 0.15) is 11.6 Å². The molecule has 1 aliphatic heterocycles. The molecular formula is C19H23FN2O3. The lowest BCUT2D eigenvalue weighted by Gasteiger charge is -2.44. The van der Waals surface area contributed by atoms with Crippen LogP contribution < -0.4 is 0 Å². The number of halogens is 1. The van der Waals surface area contributed by atoms with Crippen LogP contribution in [-0.2, 0) is 16.0 Å². The molecule has 6 heteroatoms. The van der Waals surface area contributed by atoms with Gasteiger partial charge in [-0.05, 0) is 39.8 Å². The SMILES string of the molecule is Cc1oc(-c2ccccc2F)nc1CC(=O)N1CC(C)OCC1(C)C. The summed E-state index contributed by atoms with van der Waals surface area (Å²) in [7, 11) is 0. The molecule has 0 aliphatic carbocycles. The van der Waals surface area contributed by atoms with Crippen molar-refractivity contribution in [3.05, 3.63) is 41.5 Å². The van der Waals surface area contributed by atoms with Gasteiger partial charge in [0.2, 0.25) is 11.8 Å². The van der Waals surface area contributed by atoms with Crippen molar-refractivity contribution in [2.24, 2.45) is 0 Å². The monoisotopic (exact) mass is 346 g/mol. The second-order valence-electron chi connectivity index (χ2n) is 7.12. The molecule has 0 N–H and O–H groups in total. The summed E-state index contributed by atoms with van der Waals surface area (Å²) in [6, 6.07) is 6.30. The third-order valence-corrected chi connectivity index (χ3v) is 4.51. The summed E-state index contributed by atoms with van der Waals surface area (Å²) in [5, 5.41) is 0. The third kappa shape index (κ3) is 3.58. The molecule has 1 atom stereocenters. The molecule has 0 radical (unpaired) electrons. The first-order valence-electron chi connectivity index (χ1n) is 8.41. The highest BCUT2D eigenvalue weighted by Gasteiger charge is 2.37. The van der Waals surface area contributed by atoms with Crippen molar-refractivity contribution in [3.63, 3.8) is 0 Å². The molecule has 3 rings (SSSR count). The smallest absolute Gasteiger partial charge is 0.229 e. The van der Waals surface area contributed by atoms with E-state index < -0.39 is 5.82 Å². The number of aryl methyl sites for hydroxylation is 1. The fraction of sp³-hybridized carbons (Fsp3) is 0.474. The van der Waals surface area contributed by atoms with Gasteiger partial charge in [-0.15, -0.1) is 0 Å². The van der Waals surface area contributed by atoms with E-state index in [0.717, 1.165) is 0 Å². The first-order valence-corrected chi connectivity index (χ1v) is 8.41. The van der Waals surface area contributed by atoms with Crippen LogP contribution in [0.2, 0.25) is 0 Å². The van der Waals surface area contributed by atoms with Crippen LogP contribution >= 0.6 is 0 Å². The highest BCUT2D eigenvalue weighted by molar-refractivity contribution is 5.79. The van der Waals surface area contributed by atoms with E-state index >= 15 is 0 Å². The van der Waals surface area contributed by atoms with Crippen molar-refractivity contribution >= 4 is 5.91 Å². The summed E-state index contributed by atoms with van der Waals surface area (Å²) in [5.41, 5.74) is 0.470. The maximum atomic E-state index is 13.9. The van der Waals surface area contributed by atoms with E-state index in [-0.39, 0.29) is 29.9 Å². The molecule has 1 aromatic heterocycles. The van der Waals surface area contributed by atoms with Crippen LogP contribution in [0.25, 0.3) is 11.5 Å². The third-order valence-electron chi connectivity index (χ3n) is 4.51. The molecule has 0 spiro atoms. The molecule has 25 heavy (non-hydrogen) atoms. The Hall–Kier alpha value is -2.21. The second kappa shape index (κ2) is 6.59. The summed E-state index contributed by atoms with van der Waals surface area (Å²) in [5.74, 6) is 0.306. The largest absolute Gasteiger partial charge is 0.441 e. The predicted molar refractivity (Wildman–Crippen MR) is 91.5 cm³/mol. The van der Waals surface area contributed by atoms with E-state index in [1.54, 1.807) is 25.1 Å². The molecule has 1 saturated heterocycles. The first kappa shape index (κ1) is 17.6. The normalized spacial score (nSPS) is 19.9. The lowest BCUT2D eigenvalue weighted by atomic mass is 10.00. The minimum atomic E-state index is -0.398. The number of carbonyl (C=O) groups is 1. The van der Waals surface area contributed by atoms with Gasteiger partial charge in [-0.3, -0.25) is 4.79 Å². The Morgan fingerprint density at radius 1 is 1.40 bits per heavy atom. The molecule has 1 amide bonds. The number of carbonyl (C=O) groups excluding carboxylic acids is 1. The van der Waals surface area contributed by atoms with Gasteiger partial charge in [0.05, 0.1) is 35.9 Å². The average Bonchev–Trinajstić information content (AvgIpc) is 2.90. The minimum Gasteiger partial charge on any atom is -0.441 e. The molecular weight excluding hydrogens is 323 g/mol. The van der Waals surface area contributed by atoms with Crippen LogP contribution in [0.1, 0.15) is 32.2 Å². The molecule has 1 unspecified atom stereocenters. The van der Waals surface area contributed by atoms with Crippen LogP contribution in [-0.4, -0.2) is 40.6 Å². The van der Waals surface area contributed by atoms with E-state index in [2.05, 4.69) is 4.98 Å². The first-order chi connectivity index (χ1) is 11.8. The number of amides is 1. The highest BCUT2D eigenvalue weighted by Crippen LogP contribution is 2.26. The molecule has 2 heterocycles. The number of nitrogens with zero attached hydrogens (tertiary/aromatic N) is 2. The summed E-state index contributed by atoms with van der Waals surface area (Å²) in [6.45, 7) is 8.70. The number of oxazole rings is 1. The molecule has 5 nitrogen and oxygen atoms in total. The highest BCUT2D eigenvalue weighted by atomic mass is 19.1. The van der Waals surface area contributed by atoms with Gasteiger partial charge in [-0.25, -0.2) is 9.37 Å². The Bertz CT molecular complexity index is 785. The van der Waals surface area contributed by atoms with Crippen molar-refractivity contribution in [2.75, 3.05) is 13.2 Å². The number of aromatic nitrogens is 1. The topological polar surface area (TPSA) is 55.6 Å². The molecule has 0 saturated carbocycles.